The maximum atomic E-state index is 8.81. The molecule has 0 aliphatic rings. The fraction of sp³-hybridized carbons (Fsp3) is 0.286. The predicted octanol–water partition coefficient (Wildman–Crippen LogP) is 0.829. The molecule has 0 unspecified atom stereocenters. The van der Waals surface area contributed by atoms with Crippen LogP contribution in [0.4, 0.5) is 0 Å². The summed E-state index contributed by atoms with van der Waals surface area (Å²) in [5.41, 5.74) is 1.37. The van der Waals surface area contributed by atoms with E-state index in [1.54, 1.807) is 6.07 Å². The highest BCUT2D eigenvalue weighted by Crippen LogP contribution is 2.13. The number of hydrogen-bond acceptors (Lipinski definition) is 3. The molecule has 1 aromatic rings. The summed E-state index contributed by atoms with van der Waals surface area (Å²) >= 11 is 3.16. The van der Waals surface area contributed by atoms with E-state index in [0.717, 1.165) is 0 Å². The van der Waals surface area contributed by atoms with Crippen LogP contribution in [0.1, 0.15) is 11.1 Å². The summed E-state index contributed by atoms with van der Waals surface area (Å²) in [6, 6.07) is 1.69. The Labute approximate surface area is 72.8 Å². The van der Waals surface area contributed by atoms with Crippen LogP contribution in [-0.4, -0.2) is 15.2 Å². The highest BCUT2D eigenvalue weighted by atomic mass is 79.9. The first-order valence-electron chi connectivity index (χ1n) is 3.13. The van der Waals surface area contributed by atoms with Crippen molar-refractivity contribution in [3.63, 3.8) is 0 Å². The second kappa shape index (κ2) is 3.80. The highest BCUT2D eigenvalue weighted by Gasteiger charge is 2.00. The minimum absolute atomic E-state index is 0.0724. The number of halogens is 1. The molecule has 0 atom stereocenters. The van der Waals surface area contributed by atoms with Crippen LogP contribution < -0.4 is 0 Å². The van der Waals surface area contributed by atoms with E-state index in [1.165, 1.54) is 6.20 Å². The quantitative estimate of drug-likeness (QED) is 0.723. The monoisotopic (exact) mass is 217 g/mol. The molecular formula is C7H8BrNO2. The Balaban J connectivity index is 3.06. The third-order valence-electron chi connectivity index (χ3n) is 1.39. The summed E-state index contributed by atoms with van der Waals surface area (Å²) in [6.45, 7) is -0.160. The molecule has 60 valence electrons. The second-order valence-electron chi connectivity index (χ2n) is 2.09. The van der Waals surface area contributed by atoms with Crippen LogP contribution in [0.25, 0.3) is 0 Å². The number of hydrogen-bond donors (Lipinski definition) is 2. The van der Waals surface area contributed by atoms with E-state index in [4.69, 9.17) is 10.2 Å². The highest BCUT2D eigenvalue weighted by molar-refractivity contribution is 9.10. The first-order chi connectivity index (χ1) is 5.27. The standard InChI is InChI=1S/C7H8BrNO2/c8-7-1-5(3-10)6(4-11)2-9-7/h1-2,10-11H,3-4H2. The molecule has 1 aromatic heterocycles. The molecule has 4 heteroatoms. The fourth-order valence-electron chi connectivity index (χ4n) is 0.786. The minimum atomic E-state index is -0.0871. The molecule has 0 spiro atoms. The molecule has 0 saturated heterocycles. The van der Waals surface area contributed by atoms with Crippen LogP contribution >= 0.6 is 15.9 Å². The van der Waals surface area contributed by atoms with Gasteiger partial charge in [-0.2, -0.15) is 0 Å². The number of pyridine rings is 1. The van der Waals surface area contributed by atoms with Gasteiger partial charge in [0.1, 0.15) is 4.60 Å². The number of nitrogens with zero attached hydrogens (tertiary/aromatic N) is 1. The molecule has 0 saturated carbocycles. The van der Waals surface area contributed by atoms with Gasteiger partial charge in [0.2, 0.25) is 0 Å². The molecule has 0 aliphatic heterocycles. The van der Waals surface area contributed by atoms with Crippen molar-refractivity contribution >= 4 is 15.9 Å². The normalized spacial score (nSPS) is 10.1. The van der Waals surface area contributed by atoms with E-state index in [-0.39, 0.29) is 13.2 Å². The zero-order valence-electron chi connectivity index (χ0n) is 5.79. The second-order valence-corrected chi connectivity index (χ2v) is 2.90. The van der Waals surface area contributed by atoms with Crippen molar-refractivity contribution in [2.75, 3.05) is 0 Å². The van der Waals surface area contributed by atoms with E-state index >= 15 is 0 Å². The Morgan fingerprint density at radius 1 is 1.27 bits per heavy atom. The molecule has 0 amide bonds. The maximum absolute atomic E-state index is 8.81. The van der Waals surface area contributed by atoms with Gasteiger partial charge in [-0.05, 0) is 27.6 Å². The van der Waals surface area contributed by atoms with Gasteiger partial charge >= 0.3 is 0 Å². The van der Waals surface area contributed by atoms with Gasteiger partial charge in [0.25, 0.3) is 0 Å². The van der Waals surface area contributed by atoms with E-state index in [1.807, 2.05) is 0 Å². The van der Waals surface area contributed by atoms with Crippen LogP contribution in [0.2, 0.25) is 0 Å². The molecule has 1 rings (SSSR count). The minimum Gasteiger partial charge on any atom is -0.392 e. The molecule has 0 aliphatic carbocycles. The first-order valence-corrected chi connectivity index (χ1v) is 3.92. The lowest BCUT2D eigenvalue weighted by Gasteiger charge is -2.02. The first kappa shape index (κ1) is 8.64. The molecule has 0 bridgehead atoms. The molecule has 2 N–H and O–H groups in total. The van der Waals surface area contributed by atoms with E-state index in [0.29, 0.717) is 15.7 Å². The number of aliphatic hydroxyl groups excluding tert-OH is 2. The van der Waals surface area contributed by atoms with E-state index in [2.05, 4.69) is 20.9 Å². The van der Waals surface area contributed by atoms with Gasteiger partial charge in [-0.15, -0.1) is 0 Å². The van der Waals surface area contributed by atoms with Gasteiger partial charge < -0.3 is 10.2 Å². The van der Waals surface area contributed by atoms with Gasteiger partial charge in [-0.1, -0.05) is 0 Å². The Kier molecular flexibility index (Phi) is 2.99. The Morgan fingerprint density at radius 2 is 1.91 bits per heavy atom. The zero-order valence-corrected chi connectivity index (χ0v) is 7.37. The summed E-state index contributed by atoms with van der Waals surface area (Å²) < 4.78 is 0.666. The average Bonchev–Trinajstić information content (AvgIpc) is 2.04. The van der Waals surface area contributed by atoms with Crippen LogP contribution in [0, 0.1) is 0 Å². The third-order valence-corrected chi connectivity index (χ3v) is 1.82. The summed E-state index contributed by atoms with van der Waals surface area (Å²) in [4.78, 5) is 3.90. The molecule has 1 heterocycles. The van der Waals surface area contributed by atoms with Gasteiger partial charge in [-0.3, -0.25) is 0 Å². The van der Waals surface area contributed by atoms with Crippen molar-refractivity contribution < 1.29 is 10.2 Å². The molecule has 0 radical (unpaired) electrons. The van der Waals surface area contributed by atoms with E-state index < -0.39 is 0 Å². The van der Waals surface area contributed by atoms with Gasteiger partial charge in [0, 0.05) is 11.8 Å². The van der Waals surface area contributed by atoms with Gasteiger partial charge in [0.05, 0.1) is 13.2 Å². The molecule has 3 nitrogen and oxygen atoms in total. The van der Waals surface area contributed by atoms with Crippen molar-refractivity contribution in [3.8, 4) is 0 Å². The SMILES string of the molecule is OCc1cnc(Br)cc1CO. The predicted molar refractivity (Wildman–Crippen MR) is 43.8 cm³/mol. The third kappa shape index (κ3) is 1.99. The van der Waals surface area contributed by atoms with Crippen LogP contribution in [0.5, 0.6) is 0 Å². The average molecular weight is 218 g/mol. The lowest BCUT2D eigenvalue weighted by molar-refractivity contribution is 0.259. The van der Waals surface area contributed by atoms with Crippen molar-refractivity contribution in [1.29, 1.82) is 0 Å². The van der Waals surface area contributed by atoms with Crippen molar-refractivity contribution in [2.45, 2.75) is 13.2 Å². The fourth-order valence-corrected chi connectivity index (χ4v) is 1.16. The van der Waals surface area contributed by atoms with Crippen molar-refractivity contribution in [1.82, 2.24) is 4.98 Å². The Morgan fingerprint density at radius 3 is 2.45 bits per heavy atom. The topological polar surface area (TPSA) is 53.4 Å². The van der Waals surface area contributed by atoms with Gasteiger partial charge in [0.15, 0.2) is 0 Å². The largest absolute Gasteiger partial charge is 0.392 e. The molecule has 0 aromatic carbocycles. The van der Waals surface area contributed by atoms with Crippen LogP contribution in [-0.2, 0) is 13.2 Å². The zero-order chi connectivity index (χ0) is 8.27. The summed E-state index contributed by atoms with van der Waals surface area (Å²) in [6.07, 6.45) is 1.54. The van der Waals surface area contributed by atoms with Gasteiger partial charge in [-0.25, -0.2) is 4.98 Å². The van der Waals surface area contributed by atoms with E-state index in [9.17, 15) is 0 Å². The van der Waals surface area contributed by atoms with Crippen molar-refractivity contribution in [3.05, 3.63) is 28.0 Å². The van der Waals surface area contributed by atoms with Crippen LogP contribution in [0.15, 0.2) is 16.9 Å². The Hall–Kier alpha value is -0.450. The number of aliphatic hydroxyl groups is 2. The lowest BCUT2D eigenvalue weighted by atomic mass is 10.2. The number of rotatable bonds is 2. The Bertz CT molecular complexity index is 252. The number of aromatic nitrogens is 1. The smallest absolute Gasteiger partial charge is 0.106 e. The lowest BCUT2D eigenvalue weighted by Crippen LogP contribution is -1.95. The van der Waals surface area contributed by atoms with Crippen molar-refractivity contribution in [2.24, 2.45) is 0 Å². The molecular weight excluding hydrogens is 210 g/mol. The van der Waals surface area contributed by atoms with Crippen LogP contribution in [0.3, 0.4) is 0 Å². The maximum Gasteiger partial charge on any atom is 0.106 e. The summed E-state index contributed by atoms with van der Waals surface area (Å²) in [5.74, 6) is 0. The molecule has 11 heavy (non-hydrogen) atoms. The summed E-state index contributed by atoms with van der Waals surface area (Å²) in [5, 5.41) is 17.6. The molecule has 0 fully saturated rings. The summed E-state index contributed by atoms with van der Waals surface area (Å²) in [7, 11) is 0.